The van der Waals surface area contributed by atoms with Crippen molar-refractivity contribution in [3.8, 4) is 11.3 Å². The standard InChI is InChI=1S/C18H21N7O/c1-23-5-7-25(8-6-23)18(26)20-17-10-15-9-13(3-4-14(15)11-19-17)16-12-24(2)22-21-16/h3-4,9-12H,5-8H2,1-2H3,(H,19,20,26). The van der Waals surface area contributed by atoms with E-state index in [2.05, 4.69) is 32.6 Å². The molecular formula is C18H21N7O. The molecule has 2 aromatic heterocycles. The van der Waals surface area contributed by atoms with Gasteiger partial charge in [-0.1, -0.05) is 17.3 Å². The number of piperazine rings is 1. The van der Waals surface area contributed by atoms with E-state index in [0.29, 0.717) is 5.82 Å². The second-order valence-electron chi connectivity index (χ2n) is 6.63. The van der Waals surface area contributed by atoms with E-state index in [4.69, 9.17) is 0 Å². The van der Waals surface area contributed by atoms with Crippen LogP contribution in [0.25, 0.3) is 22.0 Å². The fourth-order valence-corrected chi connectivity index (χ4v) is 3.05. The highest BCUT2D eigenvalue weighted by atomic mass is 16.2. The Labute approximate surface area is 151 Å². The normalized spacial score (nSPS) is 15.4. The molecular weight excluding hydrogens is 330 g/mol. The number of carbonyl (C=O) groups excluding carboxylic acids is 1. The summed E-state index contributed by atoms with van der Waals surface area (Å²) >= 11 is 0. The Balaban J connectivity index is 1.55. The van der Waals surface area contributed by atoms with Gasteiger partial charge >= 0.3 is 6.03 Å². The number of rotatable bonds is 2. The first kappa shape index (κ1) is 16.5. The molecule has 0 aliphatic carbocycles. The van der Waals surface area contributed by atoms with Crippen LogP contribution in [-0.4, -0.2) is 69.0 Å². The second-order valence-corrected chi connectivity index (χ2v) is 6.63. The molecule has 0 radical (unpaired) electrons. The van der Waals surface area contributed by atoms with Crippen LogP contribution in [-0.2, 0) is 7.05 Å². The molecule has 8 heteroatoms. The van der Waals surface area contributed by atoms with Crippen LogP contribution in [0.2, 0.25) is 0 Å². The van der Waals surface area contributed by atoms with Gasteiger partial charge in [-0.2, -0.15) is 0 Å². The Bertz CT molecular complexity index is 944. The first-order valence-electron chi connectivity index (χ1n) is 8.59. The Kier molecular flexibility index (Phi) is 4.26. The molecule has 0 saturated carbocycles. The molecule has 0 spiro atoms. The van der Waals surface area contributed by atoms with Crippen molar-refractivity contribution in [3.05, 3.63) is 36.7 Å². The Hall–Kier alpha value is -3.00. The van der Waals surface area contributed by atoms with Crippen molar-refractivity contribution in [3.63, 3.8) is 0 Å². The number of aromatic nitrogens is 4. The molecule has 1 aliphatic heterocycles. The molecule has 4 rings (SSSR count). The lowest BCUT2D eigenvalue weighted by atomic mass is 10.1. The Morgan fingerprint density at radius 1 is 1.08 bits per heavy atom. The van der Waals surface area contributed by atoms with Crippen molar-refractivity contribution in [2.24, 2.45) is 7.05 Å². The summed E-state index contributed by atoms with van der Waals surface area (Å²) < 4.78 is 1.67. The summed E-state index contributed by atoms with van der Waals surface area (Å²) in [6.45, 7) is 3.24. The number of hydrogen-bond acceptors (Lipinski definition) is 5. The molecule has 0 bridgehead atoms. The molecule has 0 unspecified atom stereocenters. The maximum Gasteiger partial charge on any atom is 0.323 e. The van der Waals surface area contributed by atoms with Crippen molar-refractivity contribution >= 4 is 22.6 Å². The lowest BCUT2D eigenvalue weighted by Gasteiger charge is -2.32. The number of fused-ring (bicyclic) bond motifs is 1. The first-order valence-corrected chi connectivity index (χ1v) is 8.59. The third kappa shape index (κ3) is 3.36. The van der Waals surface area contributed by atoms with Crippen LogP contribution in [0.1, 0.15) is 0 Å². The number of anilines is 1. The SMILES string of the molecule is CN1CCN(C(=O)Nc2cc3cc(-c4cn(C)nn4)ccc3cn2)CC1. The molecule has 3 heterocycles. The van der Waals surface area contributed by atoms with Crippen LogP contribution in [0.3, 0.4) is 0 Å². The predicted molar refractivity (Wildman–Crippen MR) is 99.8 cm³/mol. The number of hydrogen-bond donors (Lipinski definition) is 1. The minimum Gasteiger partial charge on any atom is -0.322 e. The fourth-order valence-electron chi connectivity index (χ4n) is 3.05. The molecule has 1 fully saturated rings. The number of carbonyl (C=O) groups is 1. The summed E-state index contributed by atoms with van der Waals surface area (Å²) in [7, 11) is 3.91. The maximum atomic E-state index is 12.4. The van der Waals surface area contributed by atoms with E-state index in [-0.39, 0.29) is 6.03 Å². The minimum absolute atomic E-state index is 0.102. The van der Waals surface area contributed by atoms with Crippen LogP contribution >= 0.6 is 0 Å². The van der Waals surface area contributed by atoms with E-state index in [0.717, 1.165) is 48.2 Å². The lowest BCUT2D eigenvalue weighted by Crippen LogP contribution is -2.48. The summed E-state index contributed by atoms with van der Waals surface area (Å²) in [4.78, 5) is 20.8. The summed E-state index contributed by atoms with van der Waals surface area (Å²) in [5.74, 6) is 0.553. The number of nitrogens with one attached hydrogen (secondary N) is 1. The highest BCUT2D eigenvalue weighted by molar-refractivity contribution is 5.93. The zero-order valence-corrected chi connectivity index (χ0v) is 14.9. The van der Waals surface area contributed by atoms with Crippen LogP contribution in [0.15, 0.2) is 36.7 Å². The van der Waals surface area contributed by atoms with Crippen molar-refractivity contribution in [1.82, 2.24) is 29.8 Å². The number of nitrogens with zero attached hydrogens (tertiary/aromatic N) is 6. The second kappa shape index (κ2) is 6.72. The van der Waals surface area contributed by atoms with E-state index in [1.165, 1.54) is 0 Å². The Morgan fingerprint density at radius 2 is 1.88 bits per heavy atom. The molecule has 1 saturated heterocycles. The summed E-state index contributed by atoms with van der Waals surface area (Å²) in [6, 6.07) is 7.82. The van der Waals surface area contributed by atoms with Gasteiger partial charge in [-0.25, -0.2) is 9.78 Å². The van der Waals surface area contributed by atoms with E-state index in [1.54, 1.807) is 10.9 Å². The maximum absolute atomic E-state index is 12.4. The monoisotopic (exact) mass is 351 g/mol. The van der Waals surface area contributed by atoms with Gasteiger partial charge in [-0.3, -0.25) is 10.00 Å². The lowest BCUT2D eigenvalue weighted by molar-refractivity contribution is 0.164. The smallest absolute Gasteiger partial charge is 0.322 e. The van der Waals surface area contributed by atoms with Gasteiger partial charge < -0.3 is 9.80 Å². The molecule has 0 atom stereocenters. The third-order valence-electron chi connectivity index (χ3n) is 4.65. The van der Waals surface area contributed by atoms with Gasteiger partial charge in [-0.05, 0) is 24.6 Å². The fraction of sp³-hybridized carbons (Fsp3) is 0.333. The van der Waals surface area contributed by atoms with E-state index in [9.17, 15) is 4.79 Å². The van der Waals surface area contributed by atoms with E-state index in [1.807, 2.05) is 42.4 Å². The number of pyridine rings is 1. The first-order chi connectivity index (χ1) is 12.6. The molecule has 26 heavy (non-hydrogen) atoms. The predicted octanol–water partition coefficient (Wildman–Crippen LogP) is 1.81. The van der Waals surface area contributed by atoms with Crippen molar-refractivity contribution < 1.29 is 4.79 Å². The van der Waals surface area contributed by atoms with Gasteiger partial charge in [0, 0.05) is 50.4 Å². The molecule has 8 nitrogen and oxygen atoms in total. The average molecular weight is 351 g/mol. The number of urea groups is 1. The molecule has 1 aliphatic rings. The Morgan fingerprint density at radius 3 is 2.62 bits per heavy atom. The van der Waals surface area contributed by atoms with Crippen molar-refractivity contribution in [2.45, 2.75) is 0 Å². The van der Waals surface area contributed by atoms with Gasteiger partial charge in [0.25, 0.3) is 0 Å². The van der Waals surface area contributed by atoms with Crippen molar-refractivity contribution in [2.75, 3.05) is 38.5 Å². The molecule has 2 amide bonds. The number of likely N-dealkylation sites (N-methyl/N-ethyl adjacent to an activating group) is 1. The number of benzene rings is 1. The molecule has 3 aromatic rings. The highest BCUT2D eigenvalue weighted by Crippen LogP contribution is 2.24. The van der Waals surface area contributed by atoms with E-state index < -0.39 is 0 Å². The van der Waals surface area contributed by atoms with Crippen LogP contribution < -0.4 is 5.32 Å². The topological polar surface area (TPSA) is 79.2 Å². The van der Waals surface area contributed by atoms with Gasteiger partial charge in [-0.15, -0.1) is 5.10 Å². The quantitative estimate of drug-likeness (QED) is 0.762. The van der Waals surface area contributed by atoms with Crippen LogP contribution in [0, 0.1) is 0 Å². The largest absolute Gasteiger partial charge is 0.323 e. The van der Waals surface area contributed by atoms with Crippen LogP contribution in [0.4, 0.5) is 10.6 Å². The molecule has 1 aromatic carbocycles. The van der Waals surface area contributed by atoms with Gasteiger partial charge in [0.05, 0.1) is 6.20 Å². The van der Waals surface area contributed by atoms with Gasteiger partial charge in [0.2, 0.25) is 0 Å². The highest BCUT2D eigenvalue weighted by Gasteiger charge is 2.19. The number of amides is 2. The zero-order chi connectivity index (χ0) is 18.1. The molecule has 1 N–H and O–H groups in total. The van der Waals surface area contributed by atoms with Gasteiger partial charge in [0.15, 0.2) is 0 Å². The summed E-state index contributed by atoms with van der Waals surface area (Å²) in [5.41, 5.74) is 1.79. The summed E-state index contributed by atoms with van der Waals surface area (Å²) in [5, 5.41) is 13.0. The number of aryl methyl sites for hydroxylation is 1. The van der Waals surface area contributed by atoms with Gasteiger partial charge in [0.1, 0.15) is 11.5 Å². The molecule has 134 valence electrons. The summed E-state index contributed by atoms with van der Waals surface area (Å²) in [6.07, 6.45) is 3.65. The average Bonchev–Trinajstić information content (AvgIpc) is 3.08. The van der Waals surface area contributed by atoms with Crippen molar-refractivity contribution in [1.29, 1.82) is 0 Å². The minimum atomic E-state index is -0.102. The zero-order valence-electron chi connectivity index (χ0n) is 14.9. The third-order valence-corrected chi connectivity index (χ3v) is 4.65. The van der Waals surface area contributed by atoms with Crippen LogP contribution in [0.5, 0.6) is 0 Å². The van der Waals surface area contributed by atoms with E-state index >= 15 is 0 Å².